The van der Waals surface area contributed by atoms with E-state index >= 15 is 0 Å². The molecule has 0 radical (unpaired) electrons. The number of amides is 1. The predicted octanol–water partition coefficient (Wildman–Crippen LogP) is -8.54. The van der Waals surface area contributed by atoms with Crippen molar-refractivity contribution in [3.05, 3.63) is 10.4 Å². The molecule has 5 aliphatic rings. The standard InChI is InChI=1S/C28H46N6O22/c29-34-31-6-28(32-33-28)5-30-27(48)56-22-18(46)21(8(2-36)49-23(22)47)55-26-17(45)14(42)20(10(4-38)52-26)54-25-16(44)13(41)19(9(3-37)51-25)53-24-15(43)12(40)11(39)7(1-35)50-24/h7-26,35-47H,1-6H2,(H,30,48)/t7?,8?,9?,10?,11-,12+,13-,14-,15?,16?,17?,18+,19-,20-,21-,22?,23?,24-,25-,26-/m1/s1. The summed E-state index contributed by atoms with van der Waals surface area (Å²) in [6.07, 6.45) is -38.0. The molecule has 0 bridgehead atoms. The molecule has 9 unspecified atom stereocenters. The Morgan fingerprint density at radius 2 is 1.04 bits per heavy atom. The molecule has 4 saturated heterocycles. The molecular formula is C28H46N6O22. The Morgan fingerprint density at radius 1 is 0.607 bits per heavy atom. The normalized spacial score (nSPS) is 46.1. The highest BCUT2D eigenvalue weighted by Crippen LogP contribution is 2.35. The van der Waals surface area contributed by atoms with Crippen LogP contribution in [0.2, 0.25) is 0 Å². The number of carbonyl (C=O) groups is 1. The highest BCUT2D eigenvalue weighted by Gasteiger charge is 2.55. The van der Waals surface area contributed by atoms with Crippen molar-refractivity contribution in [1.29, 1.82) is 0 Å². The largest absolute Gasteiger partial charge is 0.438 e. The Balaban J connectivity index is 1.21. The van der Waals surface area contributed by atoms with Gasteiger partial charge in [0.2, 0.25) is 5.66 Å². The summed E-state index contributed by atoms with van der Waals surface area (Å²) in [5.41, 5.74) is 7.28. The molecule has 56 heavy (non-hydrogen) atoms. The van der Waals surface area contributed by atoms with Gasteiger partial charge >= 0.3 is 6.09 Å². The summed E-state index contributed by atoms with van der Waals surface area (Å²) in [7, 11) is 0. The highest BCUT2D eigenvalue weighted by atomic mass is 16.8. The molecule has 0 saturated carbocycles. The number of aliphatic hydroxyl groups is 13. The zero-order valence-electron chi connectivity index (χ0n) is 29.0. The molecule has 14 N–H and O–H groups in total. The van der Waals surface area contributed by atoms with Gasteiger partial charge in [0.15, 0.2) is 31.3 Å². The first kappa shape index (κ1) is 44.5. The molecule has 20 atom stereocenters. The predicted molar refractivity (Wildman–Crippen MR) is 168 cm³/mol. The average Bonchev–Trinajstić information content (AvgIpc) is 3.97. The molecule has 5 heterocycles. The second-order valence-corrected chi connectivity index (χ2v) is 13.4. The summed E-state index contributed by atoms with van der Waals surface area (Å²) in [6.45, 7) is -4.11. The molecule has 0 aromatic carbocycles. The van der Waals surface area contributed by atoms with E-state index in [1.54, 1.807) is 0 Å². The minimum Gasteiger partial charge on any atom is -0.438 e. The number of rotatable bonds is 15. The lowest BCUT2D eigenvalue weighted by Crippen LogP contribution is -2.67. The van der Waals surface area contributed by atoms with Crippen LogP contribution < -0.4 is 5.32 Å². The molecule has 4 fully saturated rings. The number of hydrogen-bond acceptors (Lipinski definition) is 25. The average molecular weight is 819 g/mol. The van der Waals surface area contributed by atoms with E-state index in [0.29, 0.717) is 0 Å². The zero-order chi connectivity index (χ0) is 41.1. The molecule has 5 aliphatic heterocycles. The van der Waals surface area contributed by atoms with Crippen LogP contribution in [0.1, 0.15) is 0 Å². The van der Waals surface area contributed by atoms with Crippen LogP contribution >= 0.6 is 0 Å². The maximum atomic E-state index is 12.5. The molecule has 0 aliphatic carbocycles. The number of nitrogens with zero attached hydrogens (tertiary/aromatic N) is 5. The molecule has 320 valence electrons. The van der Waals surface area contributed by atoms with E-state index < -0.39 is 161 Å². The van der Waals surface area contributed by atoms with Gasteiger partial charge < -0.3 is 110 Å². The van der Waals surface area contributed by atoms with E-state index in [1.807, 2.05) is 0 Å². The van der Waals surface area contributed by atoms with Crippen molar-refractivity contribution in [2.45, 2.75) is 128 Å². The van der Waals surface area contributed by atoms with Crippen molar-refractivity contribution in [3.8, 4) is 0 Å². The Hall–Kier alpha value is -2.62. The van der Waals surface area contributed by atoms with Crippen LogP contribution in [-0.2, 0) is 37.9 Å². The van der Waals surface area contributed by atoms with Gasteiger partial charge in [-0.2, -0.15) is 10.2 Å². The fourth-order valence-corrected chi connectivity index (χ4v) is 6.45. The smallest absolute Gasteiger partial charge is 0.407 e. The van der Waals surface area contributed by atoms with Crippen LogP contribution in [0, 0.1) is 0 Å². The SMILES string of the molecule is [N-]=[N+]=NCC1(CNC(=O)OC2C(O)OC(CO)[C@@H](O[C@H]3OC(CO)[C@@H](O[C@H]4OC(CO)[C@@H](O[C@H]5OC(CO)[C@@H](O)[C@H](O)C5O)[C@H](O)C4O)[C@H](O)C3O)[C@@H]2O)N=N1. The Labute approximate surface area is 314 Å². The first-order valence-corrected chi connectivity index (χ1v) is 17.2. The molecule has 0 aromatic heterocycles. The summed E-state index contributed by atoms with van der Waals surface area (Å²) in [5, 5.41) is 148. The lowest BCUT2D eigenvalue weighted by atomic mass is 9.95. The fraction of sp³-hybridized carbons (Fsp3) is 0.964. The highest BCUT2D eigenvalue weighted by molar-refractivity contribution is 5.67. The van der Waals surface area contributed by atoms with Crippen LogP contribution in [0.15, 0.2) is 15.3 Å². The fourth-order valence-electron chi connectivity index (χ4n) is 6.45. The van der Waals surface area contributed by atoms with Crippen molar-refractivity contribution >= 4 is 6.09 Å². The molecule has 1 amide bonds. The van der Waals surface area contributed by atoms with Gasteiger partial charge in [0.25, 0.3) is 0 Å². The lowest BCUT2D eigenvalue weighted by molar-refractivity contribution is -0.387. The van der Waals surface area contributed by atoms with Gasteiger partial charge in [-0.15, -0.1) is 0 Å². The van der Waals surface area contributed by atoms with E-state index in [1.165, 1.54) is 0 Å². The van der Waals surface area contributed by atoms with Crippen molar-refractivity contribution in [2.75, 3.05) is 39.5 Å². The van der Waals surface area contributed by atoms with E-state index in [9.17, 15) is 71.2 Å². The van der Waals surface area contributed by atoms with E-state index in [0.717, 1.165) is 0 Å². The minimum absolute atomic E-state index is 0.213. The third-order valence-electron chi connectivity index (χ3n) is 9.71. The third kappa shape index (κ3) is 9.47. The van der Waals surface area contributed by atoms with Crippen LogP contribution in [0.4, 0.5) is 4.79 Å². The quantitative estimate of drug-likeness (QED) is 0.0414. The zero-order valence-corrected chi connectivity index (χ0v) is 29.0. The first-order chi connectivity index (χ1) is 26.6. The maximum absolute atomic E-state index is 12.5. The monoisotopic (exact) mass is 818 g/mol. The number of ether oxygens (including phenoxy) is 8. The number of azide groups is 1. The number of aliphatic hydroxyl groups excluding tert-OH is 13. The van der Waals surface area contributed by atoms with Gasteiger partial charge in [-0.3, -0.25) is 0 Å². The Morgan fingerprint density at radius 3 is 1.48 bits per heavy atom. The van der Waals surface area contributed by atoms with E-state index in [2.05, 4.69) is 25.6 Å². The molecular weight excluding hydrogens is 772 g/mol. The molecule has 28 nitrogen and oxygen atoms in total. The number of hydrogen-bond donors (Lipinski definition) is 14. The maximum Gasteiger partial charge on any atom is 0.407 e. The second-order valence-electron chi connectivity index (χ2n) is 13.4. The van der Waals surface area contributed by atoms with Crippen LogP contribution in [-0.4, -0.2) is 240 Å². The van der Waals surface area contributed by atoms with Crippen molar-refractivity contribution in [2.24, 2.45) is 15.3 Å². The molecule has 0 spiro atoms. The van der Waals surface area contributed by atoms with E-state index in [4.69, 9.17) is 43.4 Å². The molecule has 0 aromatic rings. The number of alkyl carbamates (subject to hydrolysis) is 1. The van der Waals surface area contributed by atoms with Crippen LogP contribution in [0.25, 0.3) is 10.4 Å². The first-order valence-electron chi connectivity index (χ1n) is 17.2. The number of nitrogens with one attached hydrogen (secondary N) is 1. The third-order valence-corrected chi connectivity index (χ3v) is 9.71. The summed E-state index contributed by atoms with van der Waals surface area (Å²) in [4.78, 5) is 15.1. The molecule has 28 heteroatoms. The summed E-state index contributed by atoms with van der Waals surface area (Å²) < 4.78 is 43.5. The van der Waals surface area contributed by atoms with Gasteiger partial charge in [0, 0.05) is 4.91 Å². The van der Waals surface area contributed by atoms with Gasteiger partial charge in [-0.25, -0.2) is 4.79 Å². The minimum atomic E-state index is -2.11. The summed E-state index contributed by atoms with van der Waals surface area (Å²) >= 11 is 0. The summed E-state index contributed by atoms with van der Waals surface area (Å²) in [6, 6.07) is 0. The molecule has 5 rings (SSSR count). The lowest BCUT2D eigenvalue weighted by Gasteiger charge is -2.49. The Kier molecular flexibility index (Phi) is 15.1. The topological polar surface area (TPSA) is 439 Å². The van der Waals surface area contributed by atoms with Crippen molar-refractivity contribution < 1.29 is 109 Å². The van der Waals surface area contributed by atoms with Crippen LogP contribution in [0.3, 0.4) is 0 Å². The van der Waals surface area contributed by atoms with Crippen molar-refractivity contribution in [1.82, 2.24) is 5.32 Å². The Bertz CT molecular complexity index is 1370. The van der Waals surface area contributed by atoms with Gasteiger partial charge in [0.05, 0.1) is 39.5 Å². The summed E-state index contributed by atoms with van der Waals surface area (Å²) in [5.74, 6) is 0. The number of carbonyl (C=O) groups excluding carboxylic acids is 1. The van der Waals surface area contributed by atoms with Crippen LogP contribution in [0.5, 0.6) is 0 Å². The van der Waals surface area contributed by atoms with Gasteiger partial charge in [-0.05, 0) is 5.53 Å². The van der Waals surface area contributed by atoms with E-state index in [-0.39, 0.29) is 13.1 Å². The second kappa shape index (κ2) is 19.0. The van der Waals surface area contributed by atoms with Crippen molar-refractivity contribution in [3.63, 3.8) is 0 Å². The van der Waals surface area contributed by atoms with Gasteiger partial charge in [-0.1, -0.05) is 5.11 Å². The van der Waals surface area contributed by atoms with Gasteiger partial charge in [0.1, 0.15) is 91.6 Å².